The van der Waals surface area contributed by atoms with Crippen LogP contribution in [0.25, 0.3) is 0 Å². The second-order valence-electron chi connectivity index (χ2n) is 3.62. The number of hydrogen-bond acceptors (Lipinski definition) is 5. The number of morpholine rings is 1. The first-order valence-corrected chi connectivity index (χ1v) is 5.14. The van der Waals surface area contributed by atoms with Crippen molar-refractivity contribution in [3.63, 3.8) is 0 Å². The van der Waals surface area contributed by atoms with Crippen LogP contribution in [-0.4, -0.2) is 63.3 Å². The molecule has 0 saturated carbocycles. The molecule has 0 bridgehead atoms. The van der Waals surface area contributed by atoms with Gasteiger partial charge in [0.2, 0.25) is 5.91 Å². The molecule has 1 saturated heterocycles. The van der Waals surface area contributed by atoms with Gasteiger partial charge in [-0.2, -0.15) is 0 Å². The largest absolute Gasteiger partial charge is 0.394 e. The molecule has 2 rings (SSSR count). The summed E-state index contributed by atoms with van der Waals surface area (Å²) in [5.74, 6) is -0.0350. The SMILES string of the molecule is O=C(Cn1ccnn1)N1CCOC(CO)C1. The van der Waals surface area contributed by atoms with E-state index in [4.69, 9.17) is 9.84 Å². The van der Waals surface area contributed by atoms with Gasteiger partial charge in [0.05, 0.1) is 25.5 Å². The summed E-state index contributed by atoms with van der Waals surface area (Å²) < 4.78 is 6.74. The number of aliphatic hydroxyl groups excluding tert-OH is 1. The van der Waals surface area contributed by atoms with Crippen LogP contribution in [0, 0.1) is 0 Å². The number of hydrogen-bond donors (Lipinski definition) is 1. The fraction of sp³-hybridized carbons (Fsp3) is 0.667. The predicted octanol–water partition coefficient (Wildman–Crippen LogP) is -1.50. The maximum absolute atomic E-state index is 11.8. The highest BCUT2D eigenvalue weighted by Crippen LogP contribution is 2.05. The number of carbonyl (C=O) groups excluding carboxylic acids is 1. The summed E-state index contributed by atoms with van der Waals surface area (Å²) in [7, 11) is 0. The van der Waals surface area contributed by atoms with E-state index in [9.17, 15) is 4.79 Å². The van der Waals surface area contributed by atoms with Crippen molar-refractivity contribution in [1.29, 1.82) is 0 Å². The number of aromatic nitrogens is 3. The van der Waals surface area contributed by atoms with E-state index in [2.05, 4.69) is 10.3 Å². The summed E-state index contributed by atoms with van der Waals surface area (Å²) in [6.45, 7) is 1.58. The molecule has 1 atom stereocenters. The Morgan fingerprint density at radius 3 is 3.19 bits per heavy atom. The molecule has 0 aliphatic carbocycles. The zero-order chi connectivity index (χ0) is 11.4. The van der Waals surface area contributed by atoms with Gasteiger partial charge in [-0.3, -0.25) is 4.79 Å². The van der Waals surface area contributed by atoms with Crippen molar-refractivity contribution in [3.8, 4) is 0 Å². The van der Waals surface area contributed by atoms with Crippen LogP contribution in [-0.2, 0) is 16.1 Å². The predicted molar refractivity (Wildman–Crippen MR) is 53.4 cm³/mol. The molecular formula is C9H14N4O3. The Labute approximate surface area is 92.6 Å². The van der Waals surface area contributed by atoms with Crippen molar-refractivity contribution in [1.82, 2.24) is 19.9 Å². The quantitative estimate of drug-likeness (QED) is 0.678. The molecule has 1 aliphatic heterocycles. The Morgan fingerprint density at radius 2 is 2.50 bits per heavy atom. The van der Waals surface area contributed by atoms with Crippen LogP contribution in [0.4, 0.5) is 0 Å². The molecule has 2 heterocycles. The van der Waals surface area contributed by atoms with E-state index in [-0.39, 0.29) is 25.2 Å². The number of carbonyl (C=O) groups is 1. The van der Waals surface area contributed by atoms with Gasteiger partial charge in [0.15, 0.2) is 0 Å². The van der Waals surface area contributed by atoms with Crippen LogP contribution >= 0.6 is 0 Å². The lowest BCUT2D eigenvalue weighted by Crippen LogP contribution is -2.47. The smallest absolute Gasteiger partial charge is 0.244 e. The summed E-state index contributed by atoms with van der Waals surface area (Å²) >= 11 is 0. The minimum Gasteiger partial charge on any atom is -0.394 e. The summed E-state index contributed by atoms with van der Waals surface area (Å²) in [5, 5.41) is 16.3. The number of nitrogens with zero attached hydrogens (tertiary/aromatic N) is 4. The molecule has 16 heavy (non-hydrogen) atoms. The van der Waals surface area contributed by atoms with Gasteiger partial charge >= 0.3 is 0 Å². The van der Waals surface area contributed by atoms with E-state index in [1.165, 1.54) is 10.9 Å². The minimum absolute atomic E-state index is 0.0350. The number of rotatable bonds is 3. The fourth-order valence-corrected chi connectivity index (χ4v) is 1.61. The molecule has 1 unspecified atom stereocenters. The molecule has 0 radical (unpaired) electrons. The van der Waals surface area contributed by atoms with Crippen molar-refractivity contribution in [2.24, 2.45) is 0 Å². The van der Waals surface area contributed by atoms with Gasteiger partial charge in [-0.1, -0.05) is 5.21 Å². The van der Waals surface area contributed by atoms with Gasteiger partial charge in [0, 0.05) is 19.3 Å². The summed E-state index contributed by atoms with van der Waals surface area (Å²) in [6.07, 6.45) is 2.90. The topological polar surface area (TPSA) is 80.5 Å². The van der Waals surface area contributed by atoms with Crippen molar-refractivity contribution in [3.05, 3.63) is 12.4 Å². The van der Waals surface area contributed by atoms with E-state index in [1.54, 1.807) is 11.1 Å². The van der Waals surface area contributed by atoms with Crippen molar-refractivity contribution in [2.45, 2.75) is 12.6 Å². The Hall–Kier alpha value is -1.47. The van der Waals surface area contributed by atoms with Gasteiger partial charge in [0.25, 0.3) is 0 Å². The first-order valence-electron chi connectivity index (χ1n) is 5.14. The van der Waals surface area contributed by atoms with E-state index in [1.807, 2.05) is 0 Å². The Kier molecular flexibility index (Phi) is 3.47. The van der Waals surface area contributed by atoms with Gasteiger partial charge < -0.3 is 14.7 Å². The minimum atomic E-state index is -0.270. The highest BCUT2D eigenvalue weighted by Gasteiger charge is 2.23. The molecule has 88 valence electrons. The summed E-state index contributed by atoms with van der Waals surface area (Å²) in [5.41, 5.74) is 0. The van der Waals surface area contributed by atoms with E-state index in [0.717, 1.165) is 0 Å². The monoisotopic (exact) mass is 226 g/mol. The van der Waals surface area contributed by atoms with Crippen LogP contribution in [0.2, 0.25) is 0 Å². The normalized spacial score (nSPS) is 21.1. The number of amides is 1. The first kappa shape index (κ1) is 11.0. The van der Waals surface area contributed by atoms with E-state index < -0.39 is 0 Å². The second kappa shape index (κ2) is 5.04. The molecule has 0 aromatic carbocycles. The lowest BCUT2D eigenvalue weighted by molar-refractivity contribution is -0.141. The van der Waals surface area contributed by atoms with Crippen LogP contribution in [0.15, 0.2) is 12.4 Å². The average Bonchev–Trinajstić information content (AvgIpc) is 2.82. The van der Waals surface area contributed by atoms with Gasteiger partial charge in [-0.15, -0.1) is 5.10 Å². The third-order valence-electron chi connectivity index (χ3n) is 2.46. The van der Waals surface area contributed by atoms with E-state index in [0.29, 0.717) is 19.7 Å². The number of aliphatic hydroxyl groups is 1. The van der Waals surface area contributed by atoms with Crippen molar-refractivity contribution < 1.29 is 14.6 Å². The highest BCUT2D eigenvalue weighted by molar-refractivity contribution is 5.76. The Morgan fingerprint density at radius 1 is 1.62 bits per heavy atom. The zero-order valence-electron chi connectivity index (χ0n) is 8.82. The molecular weight excluding hydrogens is 212 g/mol. The second-order valence-corrected chi connectivity index (χ2v) is 3.62. The van der Waals surface area contributed by atoms with Gasteiger partial charge in [-0.25, -0.2) is 4.68 Å². The highest BCUT2D eigenvalue weighted by atomic mass is 16.5. The molecule has 1 fully saturated rings. The molecule has 1 aliphatic rings. The average molecular weight is 226 g/mol. The van der Waals surface area contributed by atoms with Gasteiger partial charge in [0.1, 0.15) is 6.54 Å². The maximum atomic E-state index is 11.8. The molecule has 1 N–H and O–H groups in total. The molecule has 1 amide bonds. The van der Waals surface area contributed by atoms with Crippen molar-refractivity contribution in [2.75, 3.05) is 26.3 Å². The van der Waals surface area contributed by atoms with Crippen LogP contribution < -0.4 is 0 Å². The molecule has 1 aromatic rings. The molecule has 7 heteroatoms. The first-order chi connectivity index (χ1) is 7.79. The van der Waals surface area contributed by atoms with Crippen molar-refractivity contribution >= 4 is 5.91 Å². The Bertz CT molecular complexity index is 341. The third kappa shape index (κ3) is 2.56. The maximum Gasteiger partial charge on any atom is 0.244 e. The van der Waals surface area contributed by atoms with E-state index >= 15 is 0 Å². The lowest BCUT2D eigenvalue weighted by atomic mass is 10.3. The molecule has 1 aromatic heterocycles. The van der Waals surface area contributed by atoms with Crippen LogP contribution in [0.3, 0.4) is 0 Å². The standard InChI is InChI=1S/C9H14N4O3/c14-7-8-5-12(3-4-16-8)9(15)6-13-2-1-10-11-13/h1-2,8,14H,3-7H2. The summed E-state index contributed by atoms with van der Waals surface area (Å²) in [6, 6.07) is 0. The molecule has 0 spiro atoms. The Balaban J connectivity index is 1.89. The van der Waals surface area contributed by atoms with Crippen LogP contribution in [0.1, 0.15) is 0 Å². The summed E-state index contributed by atoms with van der Waals surface area (Å²) in [4.78, 5) is 13.5. The fourth-order valence-electron chi connectivity index (χ4n) is 1.61. The van der Waals surface area contributed by atoms with Gasteiger partial charge in [-0.05, 0) is 0 Å². The lowest BCUT2D eigenvalue weighted by Gasteiger charge is -2.31. The zero-order valence-corrected chi connectivity index (χ0v) is 8.82. The number of ether oxygens (including phenoxy) is 1. The third-order valence-corrected chi connectivity index (χ3v) is 2.46. The molecule has 7 nitrogen and oxygen atoms in total. The van der Waals surface area contributed by atoms with Crippen LogP contribution in [0.5, 0.6) is 0 Å².